The summed E-state index contributed by atoms with van der Waals surface area (Å²) >= 11 is 1.89. The van der Waals surface area contributed by atoms with Crippen molar-refractivity contribution in [2.75, 3.05) is 25.6 Å². The monoisotopic (exact) mass is 269 g/mol. The van der Waals surface area contributed by atoms with Crippen LogP contribution in [0.25, 0.3) is 0 Å². The number of nitrogens with zero attached hydrogens (tertiary/aromatic N) is 3. The fraction of sp³-hybridized carbons (Fsp3) is 0.667. The van der Waals surface area contributed by atoms with Crippen LogP contribution >= 0.6 is 11.8 Å². The molecule has 6 heteroatoms. The van der Waals surface area contributed by atoms with Crippen molar-refractivity contribution in [2.24, 2.45) is 12.0 Å². The molecular formula is C12H23N5S. The molecule has 0 radical (unpaired) electrons. The molecule has 1 rings (SSSR count). The molecule has 0 fully saturated rings. The molecule has 0 amide bonds. The van der Waals surface area contributed by atoms with Gasteiger partial charge in [-0.15, -0.1) is 0 Å². The third-order valence-corrected chi connectivity index (χ3v) is 3.35. The van der Waals surface area contributed by atoms with Gasteiger partial charge in [-0.1, -0.05) is 0 Å². The van der Waals surface area contributed by atoms with E-state index in [4.69, 9.17) is 0 Å². The highest BCUT2D eigenvalue weighted by Gasteiger charge is 2.00. The largest absolute Gasteiger partial charge is 0.356 e. The Kier molecular flexibility index (Phi) is 7.32. The molecule has 0 saturated heterocycles. The van der Waals surface area contributed by atoms with Crippen molar-refractivity contribution in [3.8, 4) is 0 Å². The lowest BCUT2D eigenvalue weighted by Gasteiger charge is -2.11. The Labute approximate surface area is 113 Å². The molecule has 5 nitrogen and oxygen atoms in total. The van der Waals surface area contributed by atoms with E-state index in [-0.39, 0.29) is 0 Å². The van der Waals surface area contributed by atoms with Gasteiger partial charge in [0.15, 0.2) is 5.96 Å². The van der Waals surface area contributed by atoms with Gasteiger partial charge < -0.3 is 10.6 Å². The predicted octanol–water partition coefficient (Wildman–Crippen LogP) is 1.23. The summed E-state index contributed by atoms with van der Waals surface area (Å²) in [5.74, 6) is 2.07. The quantitative estimate of drug-likeness (QED) is 0.444. The van der Waals surface area contributed by atoms with Crippen molar-refractivity contribution in [1.82, 2.24) is 20.4 Å². The van der Waals surface area contributed by atoms with E-state index < -0.39 is 0 Å². The Morgan fingerprint density at radius 3 is 2.89 bits per heavy atom. The zero-order chi connectivity index (χ0) is 13.2. The lowest BCUT2D eigenvalue weighted by atomic mass is 10.3. The molecule has 102 valence electrons. The summed E-state index contributed by atoms with van der Waals surface area (Å²) in [6.45, 7) is 1.70. The van der Waals surface area contributed by atoms with Gasteiger partial charge in [0.1, 0.15) is 0 Å². The molecule has 0 saturated carbocycles. The first-order valence-corrected chi connectivity index (χ1v) is 7.57. The molecular weight excluding hydrogens is 246 g/mol. The summed E-state index contributed by atoms with van der Waals surface area (Å²) < 4.78 is 1.86. The van der Waals surface area contributed by atoms with E-state index in [9.17, 15) is 0 Å². The molecule has 18 heavy (non-hydrogen) atoms. The van der Waals surface area contributed by atoms with Crippen LogP contribution in [0.5, 0.6) is 0 Å². The standard InChI is InChI=1S/C12H23N5S/c1-13-12(14-7-4-5-9-18-3)15-10-11-6-8-16-17(11)2/h6,8H,4-5,7,9-10H2,1-3H3,(H2,13,14,15). The third-order valence-electron chi connectivity index (χ3n) is 2.65. The van der Waals surface area contributed by atoms with Gasteiger partial charge in [0.25, 0.3) is 0 Å². The first kappa shape index (κ1) is 14.9. The number of hydrogen-bond donors (Lipinski definition) is 2. The predicted molar refractivity (Wildman–Crippen MR) is 79.0 cm³/mol. The van der Waals surface area contributed by atoms with E-state index in [0.29, 0.717) is 0 Å². The highest BCUT2D eigenvalue weighted by Crippen LogP contribution is 1.98. The number of aliphatic imine (C=N–C) groups is 1. The third kappa shape index (κ3) is 5.44. The van der Waals surface area contributed by atoms with Crippen molar-refractivity contribution in [3.05, 3.63) is 18.0 Å². The summed E-state index contributed by atoms with van der Waals surface area (Å²) in [6, 6.07) is 2.00. The Bertz CT molecular complexity index is 361. The molecule has 2 N–H and O–H groups in total. The zero-order valence-electron chi connectivity index (χ0n) is 11.4. The summed E-state index contributed by atoms with van der Waals surface area (Å²) in [5, 5.41) is 10.7. The summed E-state index contributed by atoms with van der Waals surface area (Å²) in [4.78, 5) is 4.19. The molecule has 1 aromatic rings. The van der Waals surface area contributed by atoms with Crippen molar-refractivity contribution in [2.45, 2.75) is 19.4 Å². The maximum absolute atomic E-state index is 4.19. The number of rotatable bonds is 7. The van der Waals surface area contributed by atoms with Crippen molar-refractivity contribution >= 4 is 17.7 Å². The van der Waals surface area contributed by atoms with Gasteiger partial charge in [-0.3, -0.25) is 9.67 Å². The van der Waals surface area contributed by atoms with Gasteiger partial charge in [0.2, 0.25) is 0 Å². The van der Waals surface area contributed by atoms with E-state index in [1.54, 1.807) is 13.2 Å². The smallest absolute Gasteiger partial charge is 0.191 e. The maximum atomic E-state index is 4.19. The number of nitrogens with one attached hydrogen (secondary N) is 2. The highest BCUT2D eigenvalue weighted by molar-refractivity contribution is 7.98. The fourth-order valence-corrected chi connectivity index (χ4v) is 2.04. The Morgan fingerprint density at radius 1 is 1.44 bits per heavy atom. The molecule has 0 aliphatic heterocycles. The molecule has 0 aliphatic rings. The molecule has 0 bridgehead atoms. The van der Waals surface area contributed by atoms with Crippen LogP contribution in [0, 0.1) is 0 Å². The maximum Gasteiger partial charge on any atom is 0.191 e. The molecule has 0 unspecified atom stereocenters. The molecule has 0 atom stereocenters. The number of aromatic nitrogens is 2. The van der Waals surface area contributed by atoms with Gasteiger partial charge in [-0.05, 0) is 30.9 Å². The Hall–Kier alpha value is -1.17. The number of hydrogen-bond acceptors (Lipinski definition) is 3. The van der Waals surface area contributed by atoms with E-state index in [2.05, 4.69) is 27.0 Å². The summed E-state index contributed by atoms with van der Waals surface area (Å²) in [7, 11) is 3.73. The minimum absolute atomic E-state index is 0.737. The fourth-order valence-electron chi connectivity index (χ4n) is 1.55. The van der Waals surface area contributed by atoms with E-state index in [1.807, 2.05) is 29.6 Å². The Morgan fingerprint density at radius 2 is 2.28 bits per heavy atom. The van der Waals surface area contributed by atoms with E-state index in [1.165, 1.54) is 18.6 Å². The van der Waals surface area contributed by atoms with Gasteiger partial charge in [0.05, 0.1) is 12.2 Å². The van der Waals surface area contributed by atoms with Gasteiger partial charge in [-0.2, -0.15) is 16.9 Å². The second-order valence-corrected chi connectivity index (χ2v) is 4.98. The van der Waals surface area contributed by atoms with Gasteiger partial charge >= 0.3 is 0 Å². The first-order chi connectivity index (χ1) is 8.77. The van der Waals surface area contributed by atoms with Crippen LogP contribution in [0.1, 0.15) is 18.5 Å². The van der Waals surface area contributed by atoms with Crippen LogP contribution in [-0.2, 0) is 13.6 Å². The normalized spacial score (nSPS) is 11.6. The average Bonchev–Trinajstić information content (AvgIpc) is 2.78. The van der Waals surface area contributed by atoms with Crippen LogP contribution in [0.15, 0.2) is 17.3 Å². The van der Waals surface area contributed by atoms with Crippen molar-refractivity contribution < 1.29 is 0 Å². The van der Waals surface area contributed by atoms with Crippen LogP contribution < -0.4 is 10.6 Å². The van der Waals surface area contributed by atoms with Crippen LogP contribution in [0.2, 0.25) is 0 Å². The van der Waals surface area contributed by atoms with Crippen LogP contribution in [-0.4, -0.2) is 41.3 Å². The molecule has 1 heterocycles. The first-order valence-electron chi connectivity index (χ1n) is 6.18. The second-order valence-electron chi connectivity index (χ2n) is 4.00. The molecule has 1 aromatic heterocycles. The number of guanidine groups is 1. The lowest BCUT2D eigenvalue weighted by Crippen LogP contribution is -2.37. The number of aryl methyl sites for hydroxylation is 1. The van der Waals surface area contributed by atoms with Gasteiger partial charge in [-0.25, -0.2) is 0 Å². The topological polar surface area (TPSA) is 54.2 Å². The van der Waals surface area contributed by atoms with Crippen LogP contribution in [0.4, 0.5) is 0 Å². The minimum atomic E-state index is 0.737. The summed E-state index contributed by atoms with van der Waals surface area (Å²) in [6.07, 6.45) is 6.36. The lowest BCUT2D eigenvalue weighted by molar-refractivity contribution is 0.678. The van der Waals surface area contributed by atoms with Crippen LogP contribution in [0.3, 0.4) is 0 Å². The number of thioether (sulfide) groups is 1. The number of unbranched alkanes of at least 4 members (excludes halogenated alkanes) is 1. The van der Waals surface area contributed by atoms with Crippen molar-refractivity contribution in [1.29, 1.82) is 0 Å². The molecule has 0 aliphatic carbocycles. The summed E-state index contributed by atoms with van der Waals surface area (Å²) in [5.41, 5.74) is 1.14. The SMILES string of the molecule is CN=C(NCCCCSC)NCc1ccnn1C. The highest BCUT2D eigenvalue weighted by atomic mass is 32.2. The second kappa shape index (κ2) is 8.85. The van der Waals surface area contributed by atoms with E-state index >= 15 is 0 Å². The molecule has 0 spiro atoms. The van der Waals surface area contributed by atoms with E-state index in [0.717, 1.165) is 24.7 Å². The average molecular weight is 269 g/mol. The Balaban J connectivity index is 2.20. The minimum Gasteiger partial charge on any atom is -0.356 e. The van der Waals surface area contributed by atoms with Crippen molar-refractivity contribution in [3.63, 3.8) is 0 Å². The van der Waals surface area contributed by atoms with Gasteiger partial charge in [0, 0.05) is 26.8 Å². The zero-order valence-corrected chi connectivity index (χ0v) is 12.3. The molecule has 0 aromatic carbocycles.